The molecule has 2 atom stereocenters. The summed E-state index contributed by atoms with van der Waals surface area (Å²) in [7, 11) is -3.50. The van der Waals surface area contributed by atoms with Crippen LogP contribution in [0.4, 0.5) is 0 Å². The highest BCUT2D eigenvalue weighted by Crippen LogP contribution is 2.20. The van der Waals surface area contributed by atoms with E-state index >= 15 is 0 Å². The molecule has 2 heterocycles. The van der Waals surface area contributed by atoms with Gasteiger partial charge in [-0.2, -0.15) is 5.10 Å². The Morgan fingerprint density at radius 1 is 1.42 bits per heavy atom. The first kappa shape index (κ1) is 14.5. The molecule has 1 fully saturated rings. The van der Waals surface area contributed by atoms with E-state index in [4.69, 9.17) is 0 Å². The molecule has 0 bridgehead atoms. The van der Waals surface area contributed by atoms with Gasteiger partial charge in [-0.15, -0.1) is 0 Å². The number of nitrogens with one attached hydrogen (secondary N) is 3. The zero-order valence-electron chi connectivity index (χ0n) is 11.7. The highest BCUT2D eigenvalue weighted by Gasteiger charge is 2.28. The number of sulfonamides is 1. The van der Waals surface area contributed by atoms with Crippen LogP contribution in [0.1, 0.15) is 31.2 Å². The monoisotopic (exact) mass is 286 g/mol. The molecular formula is C12H22N4O2S. The highest BCUT2D eigenvalue weighted by molar-refractivity contribution is 7.89. The van der Waals surface area contributed by atoms with E-state index in [9.17, 15) is 8.42 Å². The summed E-state index contributed by atoms with van der Waals surface area (Å²) >= 11 is 0. The maximum absolute atomic E-state index is 12.4. The summed E-state index contributed by atoms with van der Waals surface area (Å²) in [6.07, 6.45) is 2.15. The third-order valence-corrected chi connectivity index (χ3v) is 5.53. The van der Waals surface area contributed by atoms with Gasteiger partial charge in [0.15, 0.2) is 0 Å². The van der Waals surface area contributed by atoms with Gasteiger partial charge in [0.1, 0.15) is 4.90 Å². The molecule has 0 spiro atoms. The van der Waals surface area contributed by atoms with Crippen LogP contribution in [0.25, 0.3) is 0 Å². The molecule has 0 aromatic carbocycles. The predicted molar refractivity (Wildman–Crippen MR) is 73.4 cm³/mol. The van der Waals surface area contributed by atoms with Crippen molar-refractivity contribution >= 4 is 10.0 Å². The van der Waals surface area contributed by atoms with E-state index in [2.05, 4.69) is 20.2 Å². The van der Waals surface area contributed by atoms with Gasteiger partial charge in [-0.3, -0.25) is 5.10 Å². The molecule has 0 saturated carbocycles. The fraction of sp³-hybridized carbons (Fsp3) is 0.750. The molecule has 108 valence electrons. The quantitative estimate of drug-likeness (QED) is 0.760. The second kappa shape index (κ2) is 5.60. The van der Waals surface area contributed by atoms with Gasteiger partial charge in [0.05, 0.1) is 11.4 Å². The molecule has 1 saturated heterocycles. The molecule has 7 heteroatoms. The fourth-order valence-electron chi connectivity index (χ4n) is 2.64. The van der Waals surface area contributed by atoms with Crippen molar-refractivity contribution in [3.63, 3.8) is 0 Å². The number of rotatable bonds is 4. The molecule has 1 aliphatic rings. The van der Waals surface area contributed by atoms with Gasteiger partial charge in [0.2, 0.25) is 10.0 Å². The highest BCUT2D eigenvalue weighted by atomic mass is 32.2. The first-order valence-corrected chi connectivity index (χ1v) is 8.14. The van der Waals surface area contributed by atoms with Gasteiger partial charge in [-0.1, -0.05) is 0 Å². The van der Waals surface area contributed by atoms with Crippen molar-refractivity contribution in [2.24, 2.45) is 5.92 Å². The zero-order valence-corrected chi connectivity index (χ0v) is 12.5. The lowest BCUT2D eigenvalue weighted by molar-refractivity contribution is 0.320. The molecule has 6 nitrogen and oxygen atoms in total. The van der Waals surface area contributed by atoms with Crippen LogP contribution in [0.15, 0.2) is 4.90 Å². The third kappa shape index (κ3) is 3.16. The molecule has 3 N–H and O–H groups in total. The Morgan fingerprint density at radius 2 is 2.16 bits per heavy atom. The van der Waals surface area contributed by atoms with E-state index in [0.29, 0.717) is 17.3 Å². The number of aryl methyl sites for hydroxylation is 2. The number of aromatic nitrogens is 2. The smallest absolute Gasteiger partial charge is 0.244 e. The number of nitrogens with zero attached hydrogens (tertiary/aromatic N) is 1. The number of hydrogen-bond acceptors (Lipinski definition) is 4. The van der Waals surface area contributed by atoms with Gasteiger partial charge in [0.25, 0.3) is 0 Å². The topological polar surface area (TPSA) is 86.9 Å². The number of hydrogen-bond donors (Lipinski definition) is 3. The van der Waals surface area contributed by atoms with Crippen molar-refractivity contribution in [3.05, 3.63) is 11.4 Å². The van der Waals surface area contributed by atoms with Gasteiger partial charge >= 0.3 is 0 Å². The average molecular weight is 286 g/mol. The number of aromatic amines is 1. The molecule has 0 aliphatic carbocycles. The third-order valence-electron chi connectivity index (χ3n) is 3.71. The van der Waals surface area contributed by atoms with E-state index in [1.54, 1.807) is 13.8 Å². The summed E-state index contributed by atoms with van der Waals surface area (Å²) in [5.74, 6) is 0.344. The van der Waals surface area contributed by atoms with E-state index < -0.39 is 10.0 Å². The van der Waals surface area contributed by atoms with Crippen molar-refractivity contribution < 1.29 is 8.42 Å². The Morgan fingerprint density at radius 3 is 2.68 bits per heavy atom. The minimum Gasteiger partial charge on any atom is -0.316 e. The van der Waals surface area contributed by atoms with E-state index in [1.165, 1.54) is 0 Å². The summed E-state index contributed by atoms with van der Waals surface area (Å²) in [5, 5.41) is 9.97. The normalized spacial score (nSPS) is 22.4. The molecule has 1 aliphatic heterocycles. The Kier molecular flexibility index (Phi) is 4.27. The van der Waals surface area contributed by atoms with Crippen LogP contribution in [0.3, 0.4) is 0 Å². The van der Waals surface area contributed by atoms with Crippen molar-refractivity contribution in [1.29, 1.82) is 0 Å². The standard InChI is InChI=1S/C12H22N4O2S/c1-8(11-5-4-6-13-7-11)16-19(17,18)12-9(2)14-15-10(12)3/h8,11,13,16H,4-7H2,1-3H3,(H,14,15). The molecule has 1 aromatic rings. The molecule has 1 aromatic heterocycles. The molecule has 0 amide bonds. The lowest BCUT2D eigenvalue weighted by Crippen LogP contribution is -2.44. The molecule has 19 heavy (non-hydrogen) atoms. The largest absolute Gasteiger partial charge is 0.316 e. The Balaban J connectivity index is 2.13. The lowest BCUT2D eigenvalue weighted by Gasteiger charge is -2.28. The van der Waals surface area contributed by atoms with Crippen LogP contribution in [0, 0.1) is 19.8 Å². The summed E-state index contributed by atoms with van der Waals surface area (Å²) in [6.45, 7) is 7.25. The van der Waals surface area contributed by atoms with Crippen LogP contribution >= 0.6 is 0 Å². The average Bonchev–Trinajstić information content (AvgIpc) is 2.70. The van der Waals surface area contributed by atoms with Gasteiger partial charge in [-0.05, 0) is 52.6 Å². The minimum atomic E-state index is -3.50. The van der Waals surface area contributed by atoms with Crippen molar-refractivity contribution in [2.75, 3.05) is 13.1 Å². The van der Waals surface area contributed by atoms with Crippen LogP contribution in [0.5, 0.6) is 0 Å². The second-order valence-electron chi connectivity index (χ2n) is 5.28. The lowest BCUT2D eigenvalue weighted by atomic mass is 9.94. The van der Waals surface area contributed by atoms with Crippen LogP contribution in [0.2, 0.25) is 0 Å². The molecule has 2 unspecified atom stereocenters. The summed E-state index contributed by atoms with van der Waals surface area (Å²) < 4.78 is 27.6. The van der Waals surface area contributed by atoms with Gasteiger partial charge < -0.3 is 5.32 Å². The van der Waals surface area contributed by atoms with Crippen molar-refractivity contribution in [2.45, 2.75) is 44.6 Å². The van der Waals surface area contributed by atoms with Crippen LogP contribution < -0.4 is 10.0 Å². The SMILES string of the molecule is Cc1n[nH]c(C)c1S(=O)(=O)NC(C)C1CCCNC1. The van der Waals surface area contributed by atoms with Gasteiger partial charge in [-0.25, -0.2) is 13.1 Å². The summed E-state index contributed by atoms with van der Waals surface area (Å²) in [6, 6.07) is -0.0773. The molecule has 0 radical (unpaired) electrons. The van der Waals surface area contributed by atoms with Gasteiger partial charge in [0, 0.05) is 6.04 Å². The fourth-order valence-corrected chi connectivity index (χ4v) is 4.33. The van der Waals surface area contributed by atoms with E-state index in [1.807, 2.05) is 6.92 Å². The van der Waals surface area contributed by atoms with E-state index in [0.717, 1.165) is 25.9 Å². The second-order valence-corrected chi connectivity index (χ2v) is 6.93. The molecule has 2 rings (SSSR count). The van der Waals surface area contributed by atoms with Crippen LogP contribution in [-0.2, 0) is 10.0 Å². The minimum absolute atomic E-state index is 0.0773. The van der Waals surface area contributed by atoms with Crippen molar-refractivity contribution in [1.82, 2.24) is 20.2 Å². The predicted octanol–water partition coefficient (Wildman–Crippen LogP) is 0.693. The maximum Gasteiger partial charge on any atom is 0.244 e. The Bertz CT molecular complexity index is 512. The van der Waals surface area contributed by atoms with E-state index in [-0.39, 0.29) is 10.9 Å². The Hall–Kier alpha value is -0.920. The zero-order chi connectivity index (χ0) is 14.0. The first-order chi connectivity index (χ1) is 8.92. The molecular weight excluding hydrogens is 264 g/mol. The summed E-state index contributed by atoms with van der Waals surface area (Å²) in [4.78, 5) is 0.281. The van der Waals surface area contributed by atoms with Crippen LogP contribution in [-0.4, -0.2) is 37.7 Å². The number of piperidine rings is 1. The first-order valence-electron chi connectivity index (χ1n) is 6.66. The Labute approximate surface area is 114 Å². The number of H-pyrrole nitrogens is 1. The maximum atomic E-state index is 12.4. The summed E-state index contributed by atoms with van der Waals surface area (Å²) in [5.41, 5.74) is 1.10. The van der Waals surface area contributed by atoms with Crippen molar-refractivity contribution in [3.8, 4) is 0 Å².